The van der Waals surface area contributed by atoms with Crippen LogP contribution in [0.3, 0.4) is 0 Å². The Hall–Kier alpha value is -0.340. The Kier molecular flexibility index (Phi) is 1.06. The van der Waals surface area contributed by atoms with Gasteiger partial charge in [0, 0.05) is 23.4 Å². The fourth-order valence-electron chi connectivity index (χ4n) is 2.01. The van der Waals surface area contributed by atoms with E-state index in [1.807, 2.05) is 11.3 Å². The van der Waals surface area contributed by atoms with Gasteiger partial charge in [-0.1, -0.05) is 0 Å². The second-order valence-electron chi connectivity index (χ2n) is 3.66. The van der Waals surface area contributed by atoms with Crippen molar-refractivity contribution in [2.45, 2.75) is 24.8 Å². The van der Waals surface area contributed by atoms with Crippen molar-refractivity contribution >= 4 is 11.3 Å². The van der Waals surface area contributed by atoms with E-state index < -0.39 is 0 Å². The second-order valence-corrected chi connectivity index (χ2v) is 4.57. The molecule has 0 amide bonds. The Morgan fingerprint density at radius 3 is 3.18 bits per heavy atom. The molecule has 0 radical (unpaired) electrons. The molecule has 1 aromatic heterocycles. The van der Waals surface area contributed by atoms with Gasteiger partial charge in [0.15, 0.2) is 0 Å². The van der Waals surface area contributed by atoms with Gasteiger partial charge in [0.25, 0.3) is 0 Å². The molecule has 1 fully saturated rings. The lowest BCUT2D eigenvalue weighted by molar-refractivity contribution is 0.541. The zero-order valence-corrected chi connectivity index (χ0v) is 7.21. The molecule has 1 N–H and O–H groups in total. The number of hydrogen-bond acceptors (Lipinski definition) is 2. The minimum atomic E-state index is 0.599. The number of fused-ring (bicyclic) bond motifs is 2. The molecule has 3 rings (SSSR count). The summed E-state index contributed by atoms with van der Waals surface area (Å²) < 4.78 is 0. The third kappa shape index (κ3) is 0.741. The van der Waals surface area contributed by atoms with Crippen LogP contribution in [0.5, 0.6) is 0 Å². The van der Waals surface area contributed by atoms with Crippen molar-refractivity contribution in [3.63, 3.8) is 0 Å². The molecule has 0 atom stereocenters. The molecule has 58 valence electrons. The normalized spacial score (nSPS) is 25.1. The van der Waals surface area contributed by atoms with Crippen LogP contribution < -0.4 is 5.32 Å². The molecule has 1 aliphatic heterocycles. The molecule has 1 aromatic rings. The molecule has 1 nitrogen and oxygen atoms in total. The average molecular weight is 165 g/mol. The Morgan fingerprint density at radius 1 is 1.45 bits per heavy atom. The maximum atomic E-state index is 3.49. The van der Waals surface area contributed by atoms with Crippen LogP contribution in [0, 0.1) is 0 Å². The molecule has 0 aromatic carbocycles. The van der Waals surface area contributed by atoms with E-state index in [1.54, 1.807) is 10.4 Å². The smallest absolute Gasteiger partial charge is 0.0217 e. The van der Waals surface area contributed by atoms with Gasteiger partial charge in [0.1, 0.15) is 0 Å². The summed E-state index contributed by atoms with van der Waals surface area (Å²) in [7, 11) is 0. The summed E-state index contributed by atoms with van der Waals surface area (Å²) in [6, 6.07) is 2.27. The first-order valence-electron chi connectivity index (χ1n) is 4.18. The number of nitrogens with one attached hydrogen (secondary N) is 1. The van der Waals surface area contributed by atoms with Crippen molar-refractivity contribution in [1.82, 2.24) is 5.32 Å². The minimum Gasteiger partial charge on any atom is -0.312 e. The van der Waals surface area contributed by atoms with Gasteiger partial charge < -0.3 is 5.32 Å². The monoisotopic (exact) mass is 165 g/mol. The Balaban J connectivity index is 2.16. The summed E-state index contributed by atoms with van der Waals surface area (Å²) in [5, 5.41) is 5.72. The molecule has 1 saturated carbocycles. The summed E-state index contributed by atoms with van der Waals surface area (Å²) in [4.78, 5) is 1.68. The first-order valence-corrected chi connectivity index (χ1v) is 5.06. The molecule has 1 aliphatic carbocycles. The van der Waals surface area contributed by atoms with Crippen LogP contribution in [0.15, 0.2) is 11.4 Å². The van der Waals surface area contributed by atoms with Crippen LogP contribution in [0.4, 0.5) is 0 Å². The van der Waals surface area contributed by atoms with Crippen molar-refractivity contribution in [2.24, 2.45) is 0 Å². The highest BCUT2D eigenvalue weighted by atomic mass is 32.1. The highest BCUT2D eigenvalue weighted by molar-refractivity contribution is 7.10. The Labute approximate surface area is 70.4 Å². The van der Waals surface area contributed by atoms with Crippen molar-refractivity contribution in [3.05, 3.63) is 21.9 Å². The third-order valence-electron chi connectivity index (χ3n) is 2.86. The highest BCUT2D eigenvalue weighted by Gasteiger charge is 2.47. The molecule has 11 heavy (non-hydrogen) atoms. The summed E-state index contributed by atoms with van der Waals surface area (Å²) in [5.74, 6) is 0. The van der Waals surface area contributed by atoms with E-state index in [0.717, 1.165) is 6.54 Å². The van der Waals surface area contributed by atoms with Crippen molar-refractivity contribution in [3.8, 4) is 0 Å². The Bertz CT molecular complexity index is 286. The van der Waals surface area contributed by atoms with Gasteiger partial charge in [-0.05, 0) is 29.9 Å². The Morgan fingerprint density at radius 2 is 2.36 bits per heavy atom. The number of hydrogen-bond donors (Lipinski definition) is 1. The van der Waals surface area contributed by atoms with Crippen LogP contribution in [0.2, 0.25) is 0 Å². The van der Waals surface area contributed by atoms with E-state index in [2.05, 4.69) is 16.8 Å². The van der Waals surface area contributed by atoms with E-state index >= 15 is 0 Å². The summed E-state index contributed by atoms with van der Waals surface area (Å²) >= 11 is 1.95. The van der Waals surface area contributed by atoms with E-state index in [-0.39, 0.29) is 0 Å². The van der Waals surface area contributed by atoms with Gasteiger partial charge in [0.2, 0.25) is 0 Å². The first kappa shape index (κ1) is 6.21. The van der Waals surface area contributed by atoms with Crippen molar-refractivity contribution in [1.29, 1.82) is 0 Å². The van der Waals surface area contributed by atoms with Gasteiger partial charge in [0.05, 0.1) is 0 Å². The van der Waals surface area contributed by atoms with Crippen LogP contribution in [-0.4, -0.2) is 6.54 Å². The fourth-order valence-corrected chi connectivity index (χ4v) is 3.20. The van der Waals surface area contributed by atoms with E-state index in [4.69, 9.17) is 0 Å². The highest BCUT2D eigenvalue weighted by Crippen LogP contribution is 2.52. The van der Waals surface area contributed by atoms with Gasteiger partial charge in [-0.15, -0.1) is 11.3 Å². The molecular weight excluding hydrogens is 154 g/mol. The molecular formula is C9H11NS. The predicted octanol–water partition coefficient (Wildman–Crippen LogP) is 1.88. The van der Waals surface area contributed by atoms with Crippen LogP contribution in [-0.2, 0) is 12.0 Å². The van der Waals surface area contributed by atoms with Gasteiger partial charge in [-0.25, -0.2) is 0 Å². The zero-order valence-electron chi connectivity index (χ0n) is 6.39. The summed E-state index contributed by atoms with van der Waals surface area (Å²) in [5.41, 5.74) is 2.15. The maximum Gasteiger partial charge on any atom is 0.0217 e. The van der Waals surface area contributed by atoms with Gasteiger partial charge in [-0.2, -0.15) is 0 Å². The van der Waals surface area contributed by atoms with Crippen molar-refractivity contribution in [2.75, 3.05) is 6.54 Å². The van der Waals surface area contributed by atoms with E-state index in [1.165, 1.54) is 19.4 Å². The standard InChI is InChI=1S/C9H11NS/c1-4-11-8-7(1)5-10-6-9(8)2-3-9/h1,4,10H,2-3,5-6H2. The van der Waals surface area contributed by atoms with Gasteiger partial charge in [-0.3, -0.25) is 0 Å². The lowest BCUT2D eigenvalue weighted by Crippen LogP contribution is -2.31. The fraction of sp³-hybridized carbons (Fsp3) is 0.556. The minimum absolute atomic E-state index is 0.599. The molecule has 0 unspecified atom stereocenters. The third-order valence-corrected chi connectivity index (χ3v) is 4.06. The van der Waals surface area contributed by atoms with E-state index in [0.29, 0.717) is 5.41 Å². The summed E-state index contributed by atoms with van der Waals surface area (Å²) in [6.45, 7) is 2.32. The van der Waals surface area contributed by atoms with Crippen LogP contribution in [0.25, 0.3) is 0 Å². The largest absolute Gasteiger partial charge is 0.312 e. The average Bonchev–Trinajstić information content (AvgIpc) is 2.63. The number of rotatable bonds is 0. The molecule has 0 bridgehead atoms. The SMILES string of the molecule is c1cc2c(s1)C1(CC1)CNC2. The maximum absolute atomic E-state index is 3.49. The lowest BCUT2D eigenvalue weighted by Gasteiger charge is -2.22. The van der Waals surface area contributed by atoms with Gasteiger partial charge >= 0.3 is 0 Å². The van der Waals surface area contributed by atoms with E-state index in [9.17, 15) is 0 Å². The predicted molar refractivity (Wildman–Crippen MR) is 46.9 cm³/mol. The second kappa shape index (κ2) is 1.87. The lowest BCUT2D eigenvalue weighted by atomic mass is 9.97. The molecule has 1 spiro atoms. The first-order chi connectivity index (χ1) is 5.41. The molecule has 2 aliphatic rings. The van der Waals surface area contributed by atoms with Crippen LogP contribution in [0.1, 0.15) is 23.3 Å². The number of thiophene rings is 1. The summed E-state index contributed by atoms with van der Waals surface area (Å²) in [6.07, 6.45) is 2.82. The zero-order chi connectivity index (χ0) is 7.31. The topological polar surface area (TPSA) is 12.0 Å². The molecule has 2 heteroatoms. The van der Waals surface area contributed by atoms with Crippen molar-refractivity contribution < 1.29 is 0 Å². The quantitative estimate of drug-likeness (QED) is 0.619. The molecule has 2 heterocycles. The van der Waals surface area contributed by atoms with Crippen LogP contribution >= 0.6 is 11.3 Å². The molecule has 0 saturated heterocycles.